The quantitative estimate of drug-likeness (QED) is 0.723. The molecule has 8 heteroatoms. The molecular formula is C16H36Cl4N4. The molecule has 3 aliphatic rings. The Bertz CT molecular complexity index is 251. The van der Waals surface area contributed by atoms with Gasteiger partial charge in [-0.2, -0.15) is 0 Å². The highest BCUT2D eigenvalue weighted by molar-refractivity contribution is 5.86. The lowest BCUT2D eigenvalue weighted by molar-refractivity contribution is 0.137. The van der Waals surface area contributed by atoms with Gasteiger partial charge in [0.05, 0.1) is 0 Å². The van der Waals surface area contributed by atoms with E-state index in [9.17, 15) is 0 Å². The highest BCUT2D eigenvalue weighted by Gasteiger charge is 2.25. The molecule has 0 radical (unpaired) electrons. The lowest BCUT2D eigenvalue weighted by atomic mass is 9.81. The summed E-state index contributed by atoms with van der Waals surface area (Å²) in [5, 5.41) is 6.90. The maximum atomic E-state index is 3.45. The summed E-state index contributed by atoms with van der Waals surface area (Å²) in [7, 11) is 0. The number of rotatable bonds is 4. The van der Waals surface area contributed by atoms with E-state index in [4.69, 9.17) is 0 Å². The van der Waals surface area contributed by atoms with Crippen molar-refractivity contribution in [1.29, 1.82) is 0 Å². The van der Waals surface area contributed by atoms with Gasteiger partial charge in [-0.15, -0.1) is 49.6 Å². The largest absolute Gasteiger partial charge is 0.314 e. The summed E-state index contributed by atoms with van der Waals surface area (Å²) in [6.07, 6.45) is 5.89. The van der Waals surface area contributed by atoms with Gasteiger partial charge >= 0.3 is 0 Å². The fraction of sp³-hybridized carbons (Fsp3) is 1.00. The minimum atomic E-state index is 0. The number of hydrogen-bond acceptors (Lipinski definition) is 4. The van der Waals surface area contributed by atoms with E-state index in [0.29, 0.717) is 0 Å². The molecule has 0 aromatic heterocycles. The van der Waals surface area contributed by atoms with E-state index in [1.165, 1.54) is 91.1 Å². The van der Waals surface area contributed by atoms with Gasteiger partial charge in [0.25, 0.3) is 0 Å². The molecule has 2 aliphatic heterocycles. The third-order valence-corrected chi connectivity index (χ3v) is 5.42. The van der Waals surface area contributed by atoms with E-state index in [1.807, 2.05) is 0 Å². The number of halogens is 4. The zero-order chi connectivity index (χ0) is 13.6. The second kappa shape index (κ2) is 15.1. The Morgan fingerprint density at radius 3 is 1.12 bits per heavy atom. The SMILES string of the molecule is C1CN(CC2CCC(CN3CCNCC3)CC2)CCN1.Cl.Cl.Cl.Cl. The fourth-order valence-electron chi connectivity index (χ4n) is 4.11. The standard InChI is InChI=1S/C16H32N4.4ClH/c1-2-16(14-20-11-7-18-8-12-20)4-3-15(1)13-19-9-5-17-6-10-19;;;;/h15-18H,1-14H2;4*1H. The zero-order valence-electron chi connectivity index (χ0n) is 14.6. The molecule has 24 heavy (non-hydrogen) atoms. The number of hydrogen-bond donors (Lipinski definition) is 2. The van der Waals surface area contributed by atoms with Crippen LogP contribution >= 0.6 is 49.6 Å². The molecular weight excluding hydrogens is 390 g/mol. The molecule has 148 valence electrons. The Balaban J connectivity index is 0. The average Bonchev–Trinajstić information content (AvgIpc) is 2.51. The van der Waals surface area contributed by atoms with Gasteiger partial charge in [0.15, 0.2) is 0 Å². The van der Waals surface area contributed by atoms with Crippen LogP contribution in [0.5, 0.6) is 0 Å². The van der Waals surface area contributed by atoms with Gasteiger partial charge in [0, 0.05) is 65.4 Å². The zero-order valence-corrected chi connectivity index (χ0v) is 17.8. The first kappa shape index (κ1) is 27.2. The van der Waals surface area contributed by atoms with Gasteiger partial charge in [0.2, 0.25) is 0 Å². The van der Waals surface area contributed by atoms with Crippen LogP contribution in [0.1, 0.15) is 25.7 Å². The van der Waals surface area contributed by atoms with Crippen molar-refractivity contribution in [2.45, 2.75) is 25.7 Å². The molecule has 1 saturated carbocycles. The average molecular weight is 426 g/mol. The molecule has 3 fully saturated rings. The molecule has 3 rings (SSSR count). The first-order valence-electron chi connectivity index (χ1n) is 8.76. The van der Waals surface area contributed by atoms with E-state index in [0.717, 1.165) is 11.8 Å². The van der Waals surface area contributed by atoms with Crippen LogP contribution in [-0.4, -0.2) is 75.2 Å². The van der Waals surface area contributed by atoms with Crippen molar-refractivity contribution in [2.75, 3.05) is 65.4 Å². The van der Waals surface area contributed by atoms with Gasteiger partial charge in [-0.3, -0.25) is 0 Å². The Kier molecular flexibility index (Phi) is 17.1. The predicted octanol–water partition coefficient (Wildman–Crippen LogP) is 2.29. The van der Waals surface area contributed by atoms with Gasteiger partial charge in [-0.25, -0.2) is 0 Å². The lowest BCUT2D eigenvalue weighted by Gasteiger charge is -2.37. The topological polar surface area (TPSA) is 30.5 Å². The van der Waals surface area contributed by atoms with Gasteiger partial charge in [-0.1, -0.05) is 0 Å². The minimum absolute atomic E-state index is 0. The Morgan fingerprint density at radius 2 is 0.833 bits per heavy atom. The van der Waals surface area contributed by atoms with Crippen LogP contribution in [0.25, 0.3) is 0 Å². The highest BCUT2D eigenvalue weighted by atomic mass is 35.5. The van der Waals surface area contributed by atoms with Crippen LogP contribution in [0, 0.1) is 11.8 Å². The lowest BCUT2D eigenvalue weighted by Crippen LogP contribution is -2.47. The smallest absolute Gasteiger partial charge is 0.0107 e. The second-order valence-corrected chi connectivity index (χ2v) is 6.99. The summed E-state index contributed by atoms with van der Waals surface area (Å²) in [5.74, 6) is 1.96. The molecule has 0 aromatic rings. The number of nitrogens with one attached hydrogen (secondary N) is 2. The van der Waals surface area contributed by atoms with E-state index in [2.05, 4.69) is 20.4 Å². The molecule has 0 atom stereocenters. The molecule has 4 nitrogen and oxygen atoms in total. The monoisotopic (exact) mass is 424 g/mol. The van der Waals surface area contributed by atoms with E-state index in [1.54, 1.807) is 0 Å². The molecule has 2 saturated heterocycles. The normalized spacial score (nSPS) is 28.5. The summed E-state index contributed by atoms with van der Waals surface area (Å²) >= 11 is 0. The Hall–Kier alpha value is 1.00. The van der Waals surface area contributed by atoms with Crippen LogP contribution in [0.3, 0.4) is 0 Å². The van der Waals surface area contributed by atoms with Gasteiger partial charge in [-0.05, 0) is 37.5 Å². The summed E-state index contributed by atoms with van der Waals surface area (Å²) in [4.78, 5) is 5.36. The molecule has 0 aromatic carbocycles. The Morgan fingerprint density at radius 1 is 0.542 bits per heavy atom. The van der Waals surface area contributed by atoms with Crippen LogP contribution in [0.15, 0.2) is 0 Å². The Labute approximate surface area is 172 Å². The van der Waals surface area contributed by atoms with Crippen molar-refractivity contribution < 1.29 is 0 Å². The first-order valence-corrected chi connectivity index (χ1v) is 8.76. The first-order chi connectivity index (χ1) is 9.90. The number of nitrogens with zero attached hydrogens (tertiary/aromatic N) is 2. The maximum Gasteiger partial charge on any atom is 0.0107 e. The summed E-state index contributed by atoms with van der Waals surface area (Å²) in [6.45, 7) is 12.6. The predicted molar refractivity (Wildman–Crippen MR) is 113 cm³/mol. The van der Waals surface area contributed by atoms with Gasteiger partial charge in [0.1, 0.15) is 0 Å². The summed E-state index contributed by atoms with van der Waals surface area (Å²) in [5.41, 5.74) is 0. The van der Waals surface area contributed by atoms with E-state index in [-0.39, 0.29) is 49.6 Å². The van der Waals surface area contributed by atoms with Crippen molar-refractivity contribution in [3.8, 4) is 0 Å². The van der Waals surface area contributed by atoms with Crippen molar-refractivity contribution in [3.05, 3.63) is 0 Å². The van der Waals surface area contributed by atoms with Crippen LogP contribution in [-0.2, 0) is 0 Å². The molecule has 0 bridgehead atoms. The van der Waals surface area contributed by atoms with Crippen molar-refractivity contribution in [3.63, 3.8) is 0 Å². The summed E-state index contributed by atoms with van der Waals surface area (Å²) in [6, 6.07) is 0. The molecule has 2 heterocycles. The van der Waals surface area contributed by atoms with Crippen molar-refractivity contribution in [2.24, 2.45) is 11.8 Å². The minimum Gasteiger partial charge on any atom is -0.314 e. The maximum absolute atomic E-state index is 3.45. The van der Waals surface area contributed by atoms with Crippen molar-refractivity contribution >= 4 is 49.6 Å². The van der Waals surface area contributed by atoms with Gasteiger partial charge < -0.3 is 20.4 Å². The van der Waals surface area contributed by atoms with Crippen LogP contribution < -0.4 is 10.6 Å². The van der Waals surface area contributed by atoms with Crippen LogP contribution in [0.4, 0.5) is 0 Å². The molecule has 1 aliphatic carbocycles. The third-order valence-electron chi connectivity index (χ3n) is 5.42. The highest BCUT2D eigenvalue weighted by Crippen LogP contribution is 2.30. The molecule has 0 unspecified atom stereocenters. The van der Waals surface area contributed by atoms with E-state index >= 15 is 0 Å². The van der Waals surface area contributed by atoms with Crippen molar-refractivity contribution in [1.82, 2.24) is 20.4 Å². The third kappa shape index (κ3) is 9.09. The molecule has 2 N–H and O–H groups in total. The second-order valence-electron chi connectivity index (χ2n) is 6.99. The van der Waals surface area contributed by atoms with E-state index < -0.39 is 0 Å². The van der Waals surface area contributed by atoms with Crippen LogP contribution in [0.2, 0.25) is 0 Å². The molecule has 0 spiro atoms. The fourth-order valence-corrected chi connectivity index (χ4v) is 4.11. The molecule has 0 amide bonds. The number of piperazine rings is 2. The summed E-state index contributed by atoms with van der Waals surface area (Å²) < 4.78 is 0.